The summed E-state index contributed by atoms with van der Waals surface area (Å²) in [6, 6.07) is 0.782. The number of carbonyl (C=O) groups excluding carboxylic acids is 3. The van der Waals surface area contributed by atoms with Gasteiger partial charge in [0.2, 0.25) is 0 Å². The molecule has 1 N–H and O–H groups in total. The minimum Gasteiger partial charge on any atom is -0.338 e. The quantitative estimate of drug-likeness (QED) is 0.837. The number of rotatable bonds is 3. The fraction of sp³-hybridized carbons (Fsp3) is 0.529. The fourth-order valence-corrected chi connectivity index (χ4v) is 3.51. The Morgan fingerprint density at radius 2 is 2.00 bits per heavy atom. The summed E-state index contributed by atoms with van der Waals surface area (Å²) in [6.45, 7) is 5.10. The van der Waals surface area contributed by atoms with Gasteiger partial charge in [-0.15, -0.1) is 0 Å². The normalized spacial score (nSPS) is 19.7. The number of likely N-dealkylation sites (tertiary alicyclic amines) is 1. The second-order valence-electron chi connectivity index (χ2n) is 6.98. The maximum absolute atomic E-state index is 13.3. The molecule has 3 rings (SSSR count). The van der Waals surface area contributed by atoms with Crippen molar-refractivity contribution in [2.75, 3.05) is 19.6 Å². The predicted molar refractivity (Wildman–Crippen MR) is 87.1 cm³/mol. The van der Waals surface area contributed by atoms with Gasteiger partial charge in [-0.3, -0.25) is 19.9 Å². The van der Waals surface area contributed by atoms with Crippen molar-refractivity contribution in [1.29, 1.82) is 0 Å². The second-order valence-corrected chi connectivity index (χ2v) is 6.98. The SMILES string of the molecule is CC(C)CN1C(=O)NC(=O)C12CCN(C(=O)c1cncc(F)c1)CC2. The van der Waals surface area contributed by atoms with Crippen LogP contribution in [0, 0.1) is 11.7 Å². The Morgan fingerprint density at radius 1 is 1.32 bits per heavy atom. The molecule has 1 spiro atoms. The number of nitrogens with zero attached hydrogens (tertiary/aromatic N) is 3. The van der Waals surface area contributed by atoms with Crippen molar-refractivity contribution in [1.82, 2.24) is 20.1 Å². The van der Waals surface area contributed by atoms with E-state index in [0.717, 1.165) is 12.3 Å². The summed E-state index contributed by atoms with van der Waals surface area (Å²) in [5.74, 6) is -0.950. The molecule has 0 radical (unpaired) electrons. The maximum Gasteiger partial charge on any atom is 0.325 e. The first-order chi connectivity index (χ1) is 11.8. The van der Waals surface area contributed by atoms with Gasteiger partial charge in [0.15, 0.2) is 0 Å². The zero-order valence-electron chi connectivity index (χ0n) is 14.3. The molecule has 2 aliphatic rings. The van der Waals surface area contributed by atoms with E-state index in [2.05, 4.69) is 10.3 Å². The van der Waals surface area contributed by atoms with Crippen LogP contribution in [0.4, 0.5) is 9.18 Å². The smallest absolute Gasteiger partial charge is 0.325 e. The molecule has 2 aliphatic heterocycles. The molecule has 4 amide bonds. The standard InChI is InChI=1S/C17H21FN4O3/c1-11(2)10-22-16(25)20-15(24)17(22)3-5-21(6-4-17)14(23)12-7-13(18)9-19-8-12/h7-9,11H,3-6,10H2,1-2H3,(H,20,24,25). The van der Waals surface area contributed by atoms with Gasteiger partial charge in [-0.2, -0.15) is 0 Å². The van der Waals surface area contributed by atoms with Crippen LogP contribution in [0.2, 0.25) is 0 Å². The topological polar surface area (TPSA) is 82.6 Å². The molecule has 1 aromatic heterocycles. The molecule has 25 heavy (non-hydrogen) atoms. The summed E-state index contributed by atoms with van der Waals surface area (Å²) >= 11 is 0. The molecule has 0 aliphatic carbocycles. The predicted octanol–water partition coefficient (Wildman–Crippen LogP) is 1.40. The number of imide groups is 1. The Labute approximate surface area is 145 Å². The third kappa shape index (κ3) is 3.08. The Balaban J connectivity index is 1.75. The lowest BCUT2D eigenvalue weighted by Crippen LogP contribution is -2.58. The lowest BCUT2D eigenvalue weighted by Gasteiger charge is -2.42. The van der Waals surface area contributed by atoms with Gasteiger partial charge >= 0.3 is 6.03 Å². The molecular weight excluding hydrogens is 327 g/mol. The van der Waals surface area contributed by atoms with E-state index >= 15 is 0 Å². The van der Waals surface area contributed by atoms with Crippen LogP contribution in [0.5, 0.6) is 0 Å². The van der Waals surface area contributed by atoms with E-state index in [4.69, 9.17) is 0 Å². The van der Waals surface area contributed by atoms with Crippen LogP contribution in [0.3, 0.4) is 0 Å². The van der Waals surface area contributed by atoms with Crippen molar-refractivity contribution in [3.63, 3.8) is 0 Å². The minimum atomic E-state index is -0.891. The largest absolute Gasteiger partial charge is 0.338 e. The Kier molecular flexibility index (Phi) is 4.45. The highest BCUT2D eigenvalue weighted by Crippen LogP contribution is 2.34. The van der Waals surface area contributed by atoms with Gasteiger partial charge in [-0.05, 0) is 24.8 Å². The highest BCUT2D eigenvalue weighted by Gasteiger charge is 2.54. The van der Waals surface area contributed by atoms with Crippen molar-refractivity contribution in [2.24, 2.45) is 5.92 Å². The van der Waals surface area contributed by atoms with E-state index in [9.17, 15) is 18.8 Å². The summed E-state index contributed by atoms with van der Waals surface area (Å²) in [5, 5.41) is 2.40. The fourth-order valence-electron chi connectivity index (χ4n) is 3.51. The van der Waals surface area contributed by atoms with Crippen LogP contribution in [-0.4, -0.2) is 57.8 Å². The molecule has 134 valence electrons. The van der Waals surface area contributed by atoms with E-state index in [-0.39, 0.29) is 29.3 Å². The van der Waals surface area contributed by atoms with E-state index < -0.39 is 11.4 Å². The Morgan fingerprint density at radius 3 is 2.60 bits per heavy atom. The molecule has 2 saturated heterocycles. The molecule has 7 nitrogen and oxygen atoms in total. The molecule has 0 atom stereocenters. The van der Waals surface area contributed by atoms with Crippen LogP contribution in [0.15, 0.2) is 18.5 Å². The molecule has 0 aromatic carbocycles. The van der Waals surface area contributed by atoms with Crippen LogP contribution in [0.25, 0.3) is 0 Å². The number of piperidine rings is 1. The van der Waals surface area contributed by atoms with Crippen molar-refractivity contribution in [3.05, 3.63) is 29.8 Å². The van der Waals surface area contributed by atoms with Crippen LogP contribution in [-0.2, 0) is 4.79 Å². The Bertz CT molecular complexity index is 714. The number of halogens is 1. The lowest BCUT2D eigenvalue weighted by molar-refractivity contribution is -0.129. The van der Waals surface area contributed by atoms with Crippen molar-refractivity contribution in [3.8, 4) is 0 Å². The van der Waals surface area contributed by atoms with E-state index in [0.29, 0.717) is 32.5 Å². The van der Waals surface area contributed by atoms with Crippen LogP contribution < -0.4 is 5.32 Å². The third-order valence-corrected chi connectivity index (χ3v) is 4.78. The second kappa shape index (κ2) is 6.42. The number of nitrogens with one attached hydrogen (secondary N) is 1. The average molecular weight is 348 g/mol. The number of aromatic nitrogens is 1. The number of carbonyl (C=O) groups is 3. The van der Waals surface area contributed by atoms with Crippen molar-refractivity contribution >= 4 is 17.8 Å². The number of hydrogen-bond acceptors (Lipinski definition) is 4. The van der Waals surface area contributed by atoms with Gasteiger partial charge in [0.25, 0.3) is 11.8 Å². The van der Waals surface area contributed by atoms with Gasteiger partial charge in [0.05, 0.1) is 11.8 Å². The summed E-state index contributed by atoms with van der Waals surface area (Å²) < 4.78 is 13.3. The molecule has 1 aromatic rings. The molecule has 3 heterocycles. The first-order valence-electron chi connectivity index (χ1n) is 8.36. The van der Waals surface area contributed by atoms with E-state index in [1.165, 1.54) is 6.20 Å². The van der Waals surface area contributed by atoms with Gasteiger partial charge < -0.3 is 9.80 Å². The highest BCUT2D eigenvalue weighted by molar-refractivity contribution is 6.07. The zero-order valence-corrected chi connectivity index (χ0v) is 14.3. The van der Waals surface area contributed by atoms with Crippen LogP contribution >= 0.6 is 0 Å². The zero-order chi connectivity index (χ0) is 18.2. The van der Waals surface area contributed by atoms with Crippen molar-refractivity contribution < 1.29 is 18.8 Å². The molecule has 0 unspecified atom stereocenters. The maximum atomic E-state index is 13.3. The summed E-state index contributed by atoms with van der Waals surface area (Å²) in [5.41, 5.74) is -0.708. The minimum absolute atomic E-state index is 0.182. The molecule has 2 fully saturated rings. The molecule has 0 bridgehead atoms. The number of amides is 4. The van der Waals surface area contributed by atoms with Gasteiger partial charge in [0, 0.05) is 25.8 Å². The highest BCUT2D eigenvalue weighted by atomic mass is 19.1. The van der Waals surface area contributed by atoms with Crippen LogP contribution in [0.1, 0.15) is 37.0 Å². The number of hydrogen-bond donors (Lipinski definition) is 1. The number of urea groups is 1. The summed E-state index contributed by atoms with van der Waals surface area (Å²) in [7, 11) is 0. The molecular formula is C17H21FN4O3. The molecule has 0 saturated carbocycles. The van der Waals surface area contributed by atoms with Gasteiger partial charge in [-0.25, -0.2) is 9.18 Å². The Hall–Kier alpha value is -2.51. The lowest BCUT2D eigenvalue weighted by atomic mass is 9.85. The van der Waals surface area contributed by atoms with E-state index in [1.54, 1.807) is 9.80 Å². The van der Waals surface area contributed by atoms with E-state index in [1.807, 2.05) is 13.8 Å². The summed E-state index contributed by atoms with van der Waals surface area (Å²) in [6.07, 6.45) is 3.10. The van der Waals surface area contributed by atoms with Crippen molar-refractivity contribution in [2.45, 2.75) is 32.2 Å². The van der Waals surface area contributed by atoms with Gasteiger partial charge in [-0.1, -0.05) is 13.8 Å². The first-order valence-corrected chi connectivity index (χ1v) is 8.36. The first kappa shape index (κ1) is 17.3. The molecule has 8 heteroatoms. The van der Waals surface area contributed by atoms with Gasteiger partial charge in [0.1, 0.15) is 11.4 Å². The summed E-state index contributed by atoms with van der Waals surface area (Å²) in [4.78, 5) is 43.9. The average Bonchev–Trinajstić information content (AvgIpc) is 2.79. The third-order valence-electron chi connectivity index (χ3n) is 4.78. The monoisotopic (exact) mass is 348 g/mol. The number of pyridine rings is 1.